The second kappa shape index (κ2) is 7.36. The zero-order valence-corrected chi connectivity index (χ0v) is 14.1. The monoisotopic (exact) mass is 338 g/mol. The molecule has 0 unspecified atom stereocenters. The number of likely N-dealkylation sites (N-methyl/N-ethyl adjacent to an activating group) is 1. The summed E-state index contributed by atoms with van der Waals surface area (Å²) in [4.78, 5) is 15.8. The Morgan fingerprint density at radius 3 is 2.50 bits per heavy atom. The van der Waals surface area contributed by atoms with Crippen molar-refractivity contribution in [3.8, 4) is 5.75 Å². The van der Waals surface area contributed by atoms with E-state index in [-0.39, 0.29) is 30.6 Å². The minimum absolute atomic E-state index is 0.0666. The van der Waals surface area contributed by atoms with Gasteiger partial charge in [-0.25, -0.2) is 0 Å². The van der Waals surface area contributed by atoms with E-state index in [1.54, 1.807) is 12.1 Å². The van der Waals surface area contributed by atoms with E-state index in [1.807, 2.05) is 4.90 Å². The van der Waals surface area contributed by atoms with Gasteiger partial charge in [-0.05, 0) is 26.0 Å². The molecule has 24 heavy (non-hydrogen) atoms. The largest absolute Gasteiger partial charge is 0.490 e. The van der Waals surface area contributed by atoms with Gasteiger partial charge in [0.05, 0.1) is 12.0 Å². The van der Waals surface area contributed by atoms with Crippen molar-refractivity contribution in [2.24, 2.45) is 0 Å². The quantitative estimate of drug-likeness (QED) is 0.616. The summed E-state index contributed by atoms with van der Waals surface area (Å²) in [6, 6.07) is 4.94. The Morgan fingerprint density at radius 2 is 1.92 bits per heavy atom. The lowest BCUT2D eigenvalue weighted by atomic mass is 10.0. The van der Waals surface area contributed by atoms with Crippen LogP contribution in [0.15, 0.2) is 18.2 Å². The molecule has 0 amide bonds. The van der Waals surface area contributed by atoms with Crippen LogP contribution in [0.25, 0.3) is 0 Å². The first-order valence-corrected chi connectivity index (χ1v) is 8.10. The van der Waals surface area contributed by atoms with Crippen LogP contribution in [0, 0.1) is 10.1 Å². The van der Waals surface area contributed by atoms with Gasteiger partial charge in [0.25, 0.3) is 0 Å². The highest BCUT2D eigenvalue weighted by molar-refractivity contribution is 5.59. The van der Waals surface area contributed by atoms with Crippen LogP contribution in [0.3, 0.4) is 0 Å². The van der Waals surface area contributed by atoms with Crippen LogP contribution in [0.4, 0.5) is 11.4 Å². The summed E-state index contributed by atoms with van der Waals surface area (Å²) in [7, 11) is 2.90. The van der Waals surface area contributed by atoms with Crippen LogP contribution in [0.1, 0.15) is 18.3 Å². The average Bonchev–Trinajstić information content (AvgIpc) is 2.65. The summed E-state index contributed by atoms with van der Waals surface area (Å²) in [5.74, 6) is 0.227. The summed E-state index contributed by atoms with van der Waals surface area (Å²) < 4.78 is 37.7. The zero-order chi connectivity index (χ0) is 20.7. The van der Waals surface area contributed by atoms with E-state index in [0.29, 0.717) is 13.1 Å². The molecule has 1 aromatic carbocycles. The SMILES string of the molecule is [2H]C1([2H])CN(C2CCN(c3ccc([N+](=O)[O-])c(OC)c3)CC2)CC([2H])([2H])N1C. The van der Waals surface area contributed by atoms with Crippen LogP contribution in [-0.2, 0) is 0 Å². The van der Waals surface area contributed by atoms with E-state index >= 15 is 0 Å². The maximum atomic E-state index is 11.1. The molecule has 0 saturated carbocycles. The number of hydrogen-bond donors (Lipinski definition) is 0. The van der Waals surface area contributed by atoms with Gasteiger partial charge in [0, 0.05) is 68.5 Å². The number of piperazine rings is 1. The van der Waals surface area contributed by atoms with Crippen LogP contribution < -0.4 is 9.64 Å². The second-order valence-electron chi connectivity index (χ2n) is 6.11. The lowest BCUT2D eigenvalue weighted by Crippen LogP contribution is -2.52. The number of methoxy groups -OCH3 is 1. The summed E-state index contributed by atoms with van der Waals surface area (Å²) in [5.41, 5.74) is 0.785. The highest BCUT2D eigenvalue weighted by atomic mass is 16.6. The Kier molecular flexibility index (Phi) is 3.83. The zero-order valence-electron chi connectivity index (χ0n) is 18.1. The molecule has 2 heterocycles. The van der Waals surface area contributed by atoms with Crippen LogP contribution in [-0.4, -0.2) is 74.1 Å². The molecular formula is C17H26N4O3. The third-order valence-electron chi connectivity index (χ3n) is 4.73. The second-order valence-corrected chi connectivity index (χ2v) is 6.11. The number of nitro groups is 1. The Morgan fingerprint density at radius 1 is 1.25 bits per heavy atom. The third kappa shape index (κ3) is 3.62. The van der Waals surface area contributed by atoms with E-state index in [2.05, 4.69) is 4.90 Å². The molecule has 1 aromatic rings. The normalized spacial score (nSPS) is 27.7. The highest BCUT2D eigenvalue weighted by Crippen LogP contribution is 2.32. The van der Waals surface area contributed by atoms with Crippen molar-refractivity contribution in [2.75, 3.05) is 58.2 Å². The molecule has 0 atom stereocenters. The minimum Gasteiger partial charge on any atom is -0.490 e. The molecule has 0 aliphatic carbocycles. The number of benzene rings is 1. The van der Waals surface area contributed by atoms with E-state index < -0.39 is 17.9 Å². The minimum atomic E-state index is -1.72. The van der Waals surface area contributed by atoms with Crippen molar-refractivity contribution in [2.45, 2.75) is 18.9 Å². The molecule has 0 spiro atoms. The van der Waals surface area contributed by atoms with Crippen molar-refractivity contribution in [3.05, 3.63) is 28.3 Å². The molecule has 7 heteroatoms. The van der Waals surface area contributed by atoms with Gasteiger partial charge < -0.3 is 14.5 Å². The summed E-state index contributed by atoms with van der Waals surface area (Å²) in [5, 5.41) is 11.1. The van der Waals surface area contributed by atoms with Gasteiger partial charge in [0.15, 0.2) is 5.75 Å². The Labute approximate surface area is 148 Å². The van der Waals surface area contributed by atoms with Gasteiger partial charge in [-0.1, -0.05) is 0 Å². The molecular weight excluding hydrogens is 308 g/mol. The fourth-order valence-electron chi connectivity index (χ4n) is 3.27. The highest BCUT2D eigenvalue weighted by Gasteiger charge is 2.27. The molecule has 132 valence electrons. The van der Waals surface area contributed by atoms with E-state index in [0.717, 1.165) is 18.5 Å². The first-order valence-electron chi connectivity index (χ1n) is 10.1. The smallest absolute Gasteiger partial charge is 0.311 e. The van der Waals surface area contributed by atoms with Crippen LogP contribution in [0.2, 0.25) is 0 Å². The van der Waals surface area contributed by atoms with Crippen molar-refractivity contribution >= 4 is 11.4 Å². The predicted octanol–water partition coefficient (Wildman–Crippen LogP) is 1.82. The van der Waals surface area contributed by atoms with E-state index in [9.17, 15) is 10.1 Å². The molecule has 0 bridgehead atoms. The van der Waals surface area contributed by atoms with Crippen molar-refractivity contribution in [3.63, 3.8) is 0 Å². The molecule has 7 nitrogen and oxygen atoms in total. The predicted molar refractivity (Wildman–Crippen MR) is 94.0 cm³/mol. The topological polar surface area (TPSA) is 62.1 Å². The number of piperidine rings is 1. The molecule has 2 aliphatic rings. The Bertz CT molecular complexity index is 723. The Balaban J connectivity index is 1.67. The van der Waals surface area contributed by atoms with Gasteiger partial charge in [0.1, 0.15) is 0 Å². The van der Waals surface area contributed by atoms with Crippen molar-refractivity contribution in [1.82, 2.24) is 9.80 Å². The van der Waals surface area contributed by atoms with Crippen LogP contribution in [0.5, 0.6) is 5.75 Å². The lowest BCUT2D eigenvalue weighted by molar-refractivity contribution is -0.385. The van der Waals surface area contributed by atoms with Gasteiger partial charge in [-0.3, -0.25) is 15.0 Å². The molecule has 3 rings (SSSR count). The molecule has 0 aromatic heterocycles. The summed E-state index contributed by atoms with van der Waals surface area (Å²) in [6.45, 7) is -1.65. The fraction of sp³-hybridized carbons (Fsp3) is 0.647. The summed E-state index contributed by atoms with van der Waals surface area (Å²) >= 11 is 0. The first kappa shape index (κ1) is 12.5. The van der Waals surface area contributed by atoms with Gasteiger partial charge >= 0.3 is 5.69 Å². The number of rotatable bonds is 4. The van der Waals surface area contributed by atoms with E-state index in [4.69, 9.17) is 10.2 Å². The molecule has 2 aliphatic heterocycles. The van der Waals surface area contributed by atoms with Crippen molar-refractivity contribution < 1.29 is 15.1 Å². The lowest BCUT2D eigenvalue weighted by Gasteiger charge is -2.42. The standard InChI is InChI=1S/C17H26N4O3/c1-18-9-11-20(12-10-18)14-5-7-19(8-6-14)15-3-4-16(21(22)23)17(13-15)24-2/h3-4,13-14H,5-12H2,1-2H3/i9D2,10D2. The molecule has 2 saturated heterocycles. The molecule has 0 radical (unpaired) electrons. The average molecular weight is 338 g/mol. The van der Waals surface area contributed by atoms with Crippen LogP contribution >= 0.6 is 0 Å². The van der Waals surface area contributed by atoms with Gasteiger partial charge in [-0.2, -0.15) is 0 Å². The van der Waals surface area contributed by atoms with Crippen molar-refractivity contribution in [1.29, 1.82) is 0 Å². The fourth-order valence-corrected chi connectivity index (χ4v) is 3.27. The molecule has 2 fully saturated rings. The number of nitro benzene ring substituents is 1. The maximum Gasteiger partial charge on any atom is 0.311 e. The summed E-state index contributed by atoms with van der Waals surface area (Å²) in [6.07, 6.45) is 1.55. The van der Waals surface area contributed by atoms with Gasteiger partial charge in [0.2, 0.25) is 0 Å². The first-order chi connectivity index (χ1) is 13.0. The maximum absolute atomic E-state index is 11.1. The van der Waals surface area contributed by atoms with E-state index in [1.165, 1.54) is 25.1 Å². The third-order valence-corrected chi connectivity index (χ3v) is 4.73. The van der Waals surface area contributed by atoms with Gasteiger partial charge in [-0.15, -0.1) is 0 Å². The molecule has 0 N–H and O–H groups in total. The number of hydrogen-bond acceptors (Lipinski definition) is 6. The number of nitrogens with zero attached hydrogens (tertiary/aromatic N) is 4. The Hall–Kier alpha value is -1.86. The number of anilines is 1. The number of ether oxygens (including phenoxy) is 1.